The van der Waals surface area contributed by atoms with Crippen molar-refractivity contribution >= 4 is 22.8 Å². The number of carbonyl (C=O) groups excluding carboxylic acids is 1. The summed E-state index contributed by atoms with van der Waals surface area (Å²) in [4.78, 5) is 28.0. The Morgan fingerprint density at radius 1 is 1.43 bits per heavy atom. The molecule has 23 heavy (non-hydrogen) atoms. The van der Waals surface area contributed by atoms with Crippen molar-refractivity contribution in [1.82, 2.24) is 9.88 Å². The Hall–Kier alpha value is -2.41. The summed E-state index contributed by atoms with van der Waals surface area (Å²) in [5, 5.41) is 9.86. The Balaban J connectivity index is 1.76. The van der Waals surface area contributed by atoms with Crippen LogP contribution in [0, 0.1) is 5.82 Å². The lowest BCUT2D eigenvalue weighted by Gasteiger charge is -2.35. The molecular formula is C16H17FN2O4. The van der Waals surface area contributed by atoms with Gasteiger partial charge in [-0.1, -0.05) is 0 Å². The minimum Gasteiger partial charge on any atom is -0.479 e. The molecule has 0 aliphatic carbocycles. The first kappa shape index (κ1) is 15.5. The van der Waals surface area contributed by atoms with Gasteiger partial charge in [0, 0.05) is 23.6 Å². The number of carbonyl (C=O) groups is 2. The fourth-order valence-corrected chi connectivity index (χ4v) is 2.87. The molecule has 1 aromatic carbocycles. The monoisotopic (exact) mass is 320 g/mol. The van der Waals surface area contributed by atoms with Gasteiger partial charge in [0.15, 0.2) is 6.10 Å². The van der Waals surface area contributed by atoms with E-state index >= 15 is 0 Å². The second kappa shape index (κ2) is 6.00. The van der Waals surface area contributed by atoms with E-state index in [0.29, 0.717) is 12.1 Å². The number of hydrogen-bond acceptors (Lipinski definition) is 3. The van der Waals surface area contributed by atoms with Crippen LogP contribution in [-0.2, 0) is 20.7 Å². The summed E-state index contributed by atoms with van der Waals surface area (Å²) in [6, 6.07) is 4.35. The average molecular weight is 320 g/mol. The molecule has 1 unspecified atom stereocenters. The number of rotatable bonds is 3. The van der Waals surface area contributed by atoms with E-state index in [4.69, 9.17) is 9.84 Å². The van der Waals surface area contributed by atoms with Gasteiger partial charge in [-0.25, -0.2) is 9.18 Å². The van der Waals surface area contributed by atoms with Crippen LogP contribution in [0.2, 0.25) is 0 Å². The van der Waals surface area contributed by atoms with E-state index in [1.165, 1.54) is 17.0 Å². The molecule has 1 saturated heterocycles. The lowest BCUT2D eigenvalue weighted by atomic mass is 10.1. The number of nitrogens with zero attached hydrogens (tertiary/aromatic N) is 1. The molecule has 1 fully saturated rings. The van der Waals surface area contributed by atoms with E-state index < -0.39 is 12.1 Å². The van der Waals surface area contributed by atoms with Crippen LogP contribution in [-0.4, -0.2) is 52.2 Å². The predicted molar refractivity (Wildman–Crippen MR) is 80.5 cm³/mol. The number of amides is 1. The molecule has 0 radical (unpaired) electrons. The highest BCUT2D eigenvalue weighted by Gasteiger charge is 2.32. The van der Waals surface area contributed by atoms with Crippen LogP contribution in [0.1, 0.15) is 12.5 Å². The molecule has 2 aromatic rings. The number of aromatic nitrogens is 1. The molecule has 1 amide bonds. The number of carboxylic acids is 1. The molecule has 122 valence electrons. The van der Waals surface area contributed by atoms with Gasteiger partial charge in [0.1, 0.15) is 5.82 Å². The van der Waals surface area contributed by atoms with Crippen molar-refractivity contribution < 1.29 is 23.8 Å². The van der Waals surface area contributed by atoms with Crippen LogP contribution in [0.4, 0.5) is 4.39 Å². The van der Waals surface area contributed by atoms with Crippen LogP contribution < -0.4 is 0 Å². The number of fused-ring (bicyclic) bond motifs is 1. The third kappa shape index (κ3) is 3.19. The standard InChI is InChI=1S/C16H17FN2O4/c1-9-7-19(8-14(23-9)16(21)22)15(20)4-10-6-18-13-5-11(17)2-3-12(10)13/h2-3,5-6,9,14,18H,4,7-8H2,1H3,(H,21,22)/t9-,14?/m1/s1. The van der Waals surface area contributed by atoms with Crippen molar-refractivity contribution in [3.63, 3.8) is 0 Å². The van der Waals surface area contributed by atoms with Gasteiger partial charge in [-0.2, -0.15) is 0 Å². The third-order valence-electron chi connectivity index (χ3n) is 3.96. The number of ether oxygens (including phenoxy) is 1. The third-order valence-corrected chi connectivity index (χ3v) is 3.96. The van der Waals surface area contributed by atoms with Gasteiger partial charge in [-0.15, -0.1) is 0 Å². The first-order chi connectivity index (χ1) is 10.9. The lowest BCUT2D eigenvalue weighted by Crippen LogP contribution is -2.52. The first-order valence-corrected chi connectivity index (χ1v) is 7.35. The van der Waals surface area contributed by atoms with E-state index in [0.717, 1.165) is 10.9 Å². The van der Waals surface area contributed by atoms with Crippen LogP contribution in [0.25, 0.3) is 10.9 Å². The zero-order chi connectivity index (χ0) is 16.6. The number of halogens is 1. The van der Waals surface area contributed by atoms with Crippen LogP contribution in [0.3, 0.4) is 0 Å². The van der Waals surface area contributed by atoms with E-state index in [1.807, 2.05) is 0 Å². The molecule has 6 nitrogen and oxygen atoms in total. The van der Waals surface area contributed by atoms with E-state index in [-0.39, 0.29) is 30.8 Å². The maximum Gasteiger partial charge on any atom is 0.334 e. The highest BCUT2D eigenvalue weighted by atomic mass is 19.1. The number of hydrogen-bond donors (Lipinski definition) is 2. The van der Waals surface area contributed by atoms with E-state index in [2.05, 4.69) is 4.98 Å². The number of H-pyrrole nitrogens is 1. The van der Waals surface area contributed by atoms with Crippen LogP contribution in [0.15, 0.2) is 24.4 Å². The minimum atomic E-state index is -1.07. The Kier molecular flexibility index (Phi) is 4.04. The molecule has 2 N–H and O–H groups in total. The second-order valence-electron chi connectivity index (χ2n) is 5.75. The Morgan fingerprint density at radius 2 is 2.22 bits per heavy atom. The molecule has 2 atom stereocenters. The molecule has 0 bridgehead atoms. The van der Waals surface area contributed by atoms with Crippen molar-refractivity contribution in [2.45, 2.75) is 25.6 Å². The number of morpholine rings is 1. The van der Waals surface area contributed by atoms with Crippen molar-refractivity contribution in [2.24, 2.45) is 0 Å². The van der Waals surface area contributed by atoms with Crippen molar-refractivity contribution in [3.8, 4) is 0 Å². The molecular weight excluding hydrogens is 303 g/mol. The average Bonchev–Trinajstić information content (AvgIpc) is 2.88. The quantitative estimate of drug-likeness (QED) is 0.899. The summed E-state index contributed by atoms with van der Waals surface area (Å²) >= 11 is 0. The SMILES string of the molecule is C[C@@H]1CN(C(=O)Cc2c[nH]c3cc(F)ccc23)CC(C(=O)O)O1. The van der Waals surface area contributed by atoms with E-state index in [9.17, 15) is 14.0 Å². The summed E-state index contributed by atoms with van der Waals surface area (Å²) in [7, 11) is 0. The summed E-state index contributed by atoms with van der Waals surface area (Å²) in [5.41, 5.74) is 1.39. The highest BCUT2D eigenvalue weighted by molar-refractivity contribution is 5.89. The Labute approximate surface area is 131 Å². The Bertz CT molecular complexity index is 758. The molecule has 0 saturated carbocycles. The topological polar surface area (TPSA) is 82.6 Å². The maximum absolute atomic E-state index is 13.2. The fourth-order valence-electron chi connectivity index (χ4n) is 2.87. The van der Waals surface area contributed by atoms with Crippen molar-refractivity contribution in [1.29, 1.82) is 0 Å². The molecule has 2 heterocycles. The zero-order valence-electron chi connectivity index (χ0n) is 12.6. The molecule has 1 aliphatic heterocycles. The molecule has 1 aromatic heterocycles. The molecule has 7 heteroatoms. The first-order valence-electron chi connectivity index (χ1n) is 7.35. The zero-order valence-corrected chi connectivity index (χ0v) is 12.6. The maximum atomic E-state index is 13.2. The summed E-state index contributed by atoms with van der Waals surface area (Å²) in [6.45, 7) is 2.14. The lowest BCUT2D eigenvalue weighted by molar-refractivity contribution is -0.166. The second-order valence-corrected chi connectivity index (χ2v) is 5.75. The fraction of sp³-hybridized carbons (Fsp3) is 0.375. The van der Waals surface area contributed by atoms with Crippen molar-refractivity contribution in [2.75, 3.05) is 13.1 Å². The van der Waals surface area contributed by atoms with E-state index in [1.54, 1.807) is 19.2 Å². The highest BCUT2D eigenvalue weighted by Crippen LogP contribution is 2.21. The summed E-state index contributed by atoms with van der Waals surface area (Å²) in [6.07, 6.45) is 0.483. The number of benzene rings is 1. The predicted octanol–water partition coefficient (Wildman–Crippen LogP) is 1.55. The molecule has 1 aliphatic rings. The number of carboxylic acid groups (broad SMARTS) is 1. The van der Waals surface area contributed by atoms with Gasteiger partial charge in [0.2, 0.25) is 5.91 Å². The molecule has 3 rings (SSSR count). The number of aliphatic carboxylic acids is 1. The smallest absolute Gasteiger partial charge is 0.334 e. The minimum absolute atomic E-state index is 0.0372. The van der Waals surface area contributed by atoms with Gasteiger partial charge in [0.05, 0.1) is 19.1 Å². The number of aromatic amines is 1. The van der Waals surface area contributed by atoms with Gasteiger partial charge in [-0.3, -0.25) is 4.79 Å². The van der Waals surface area contributed by atoms with Crippen LogP contribution >= 0.6 is 0 Å². The number of nitrogens with one attached hydrogen (secondary N) is 1. The molecule has 0 spiro atoms. The van der Waals surface area contributed by atoms with Gasteiger partial charge in [-0.05, 0) is 30.7 Å². The summed E-state index contributed by atoms with van der Waals surface area (Å²) < 4.78 is 18.5. The largest absolute Gasteiger partial charge is 0.479 e. The van der Waals surface area contributed by atoms with Gasteiger partial charge < -0.3 is 19.7 Å². The Morgan fingerprint density at radius 3 is 2.96 bits per heavy atom. The van der Waals surface area contributed by atoms with Crippen molar-refractivity contribution in [3.05, 3.63) is 35.8 Å². The van der Waals surface area contributed by atoms with Gasteiger partial charge in [0.25, 0.3) is 0 Å². The normalized spacial score (nSPS) is 21.6. The summed E-state index contributed by atoms with van der Waals surface area (Å²) in [5.74, 6) is -1.59. The van der Waals surface area contributed by atoms with Gasteiger partial charge >= 0.3 is 5.97 Å². The van der Waals surface area contributed by atoms with Crippen LogP contribution in [0.5, 0.6) is 0 Å².